The average Bonchev–Trinajstić information content (AvgIpc) is 3.20. The fourth-order valence-corrected chi connectivity index (χ4v) is 3.60. The number of nitrogens with zero attached hydrogens (tertiary/aromatic N) is 3. The largest absolute Gasteiger partial charge is 0.358 e. The number of aryl methyl sites for hydroxylation is 3. The van der Waals surface area contributed by atoms with Gasteiger partial charge in [-0.1, -0.05) is 0 Å². The zero-order chi connectivity index (χ0) is 17.6. The molecule has 1 aliphatic heterocycles. The Morgan fingerprint density at radius 2 is 2.08 bits per heavy atom. The average molecular weight is 334 g/mol. The summed E-state index contributed by atoms with van der Waals surface area (Å²) in [7, 11) is 0. The molecule has 1 N–H and O–H groups in total. The summed E-state index contributed by atoms with van der Waals surface area (Å²) >= 11 is 0. The molecule has 3 aromatic rings. The highest BCUT2D eigenvalue weighted by molar-refractivity contribution is 5.99. The molecule has 3 heterocycles. The molecular formula is C20H22N4O. The Morgan fingerprint density at radius 1 is 1.24 bits per heavy atom. The number of aromatic amines is 1. The number of benzene rings is 1. The number of likely N-dealkylation sites (tertiary alicyclic amines) is 1. The Bertz CT molecular complexity index is 959. The Hall–Kier alpha value is -2.69. The van der Waals surface area contributed by atoms with E-state index in [-0.39, 0.29) is 11.8 Å². The first-order valence-corrected chi connectivity index (χ1v) is 8.70. The van der Waals surface area contributed by atoms with E-state index in [0.29, 0.717) is 6.54 Å². The number of carbonyl (C=O) groups is 1. The molecule has 1 amide bonds. The number of fused-ring (bicyclic) bond motifs is 1. The molecule has 25 heavy (non-hydrogen) atoms. The molecule has 0 aliphatic carbocycles. The zero-order valence-electron chi connectivity index (χ0n) is 14.8. The maximum Gasteiger partial charge on any atom is 0.253 e. The van der Waals surface area contributed by atoms with Crippen LogP contribution >= 0.6 is 0 Å². The van der Waals surface area contributed by atoms with Crippen LogP contribution in [0.5, 0.6) is 0 Å². The SMILES string of the molecule is Cc1ccnc([C@@H]2CCN(C(=O)c3ccc4[nH]c(C)c(C)c4c3)C2)n1. The fraction of sp³-hybridized carbons (Fsp3) is 0.350. The van der Waals surface area contributed by atoms with E-state index >= 15 is 0 Å². The molecule has 1 aromatic carbocycles. The van der Waals surface area contributed by atoms with Crippen molar-refractivity contribution in [2.45, 2.75) is 33.1 Å². The normalized spacial score (nSPS) is 17.4. The van der Waals surface area contributed by atoms with Gasteiger partial charge in [0.15, 0.2) is 0 Å². The van der Waals surface area contributed by atoms with Crippen molar-refractivity contribution in [1.29, 1.82) is 0 Å². The van der Waals surface area contributed by atoms with Crippen molar-refractivity contribution in [3.8, 4) is 0 Å². The van der Waals surface area contributed by atoms with Crippen LogP contribution in [0.2, 0.25) is 0 Å². The predicted octanol–water partition coefficient (Wildman–Crippen LogP) is 3.51. The van der Waals surface area contributed by atoms with Crippen LogP contribution in [0.4, 0.5) is 0 Å². The van der Waals surface area contributed by atoms with E-state index in [4.69, 9.17) is 0 Å². The molecule has 0 spiro atoms. The van der Waals surface area contributed by atoms with Gasteiger partial charge in [-0.15, -0.1) is 0 Å². The van der Waals surface area contributed by atoms with Crippen LogP contribution in [0, 0.1) is 20.8 Å². The highest BCUT2D eigenvalue weighted by Crippen LogP contribution is 2.27. The van der Waals surface area contributed by atoms with Crippen LogP contribution in [0.3, 0.4) is 0 Å². The molecule has 0 saturated carbocycles. The van der Waals surface area contributed by atoms with E-state index < -0.39 is 0 Å². The predicted molar refractivity (Wildman–Crippen MR) is 97.8 cm³/mol. The molecule has 1 aliphatic rings. The third-order valence-electron chi connectivity index (χ3n) is 5.21. The van der Waals surface area contributed by atoms with Gasteiger partial charge >= 0.3 is 0 Å². The summed E-state index contributed by atoms with van der Waals surface area (Å²) in [5, 5.41) is 1.13. The number of rotatable bonds is 2. The molecule has 1 saturated heterocycles. The molecule has 0 radical (unpaired) electrons. The third kappa shape index (κ3) is 2.80. The lowest BCUT2D eigenvalue weighted by atomic mass is 10.1. The molecule has 1 atom stereocenters. The van der Waals surface area contributed by atoms with Crippen molar-refractivity contribution >= 4 is 16.8 Å². The van der Waals surface area contributed by atoms with Crippen LogP contribution in [-0.4, -0.2) is 38.8 Å². The van der Waals surface area contributed by atoms with Gasteiger partial charge in [0.05, 0.1) is 0 Å². The van der Waals surface area contributed by atoms with Crippen LogP contribution in [0.1, 0.15) is 45.5 Å². The van der Waals surface area contributed by atoms with Gasteiger partial charge in [-0.05, 0) is 57.0 Å². The Balaban J connectivity index is 1.56. The van der Waals surface area contributed by atoms with Gasteiger partial charge in [0.1, 0.15) is 5.82 Å². The number of aromatic nitrogens is 3. The van der Waals surface area contributed by atoms with Crippen molar-refractivity contribution in [3.05, 3.63) is 58.8 Å². The van der Waals surface area contributed by atoms with E-state index in [1.165, 1.54) is 5.56 Å². The summed E-state index contributed by atoms with van der Waals surface area (Å²) in [5.41, 5.74) is 5.16. The Morgan fingerprint density at radius 3 is 2.88 bits per heavy atom. The number of hydrogen-bond donors (Lipinski definition) is 1. The number of carbonyl (C=O) groups excluding carboxylic acids is 1. The fourth-order valence-electron chi connectivity index (χ4n) is 3.60. The van der Waals surface area contributed by atoms with Gasteiger partial charge in [0, 0.05) is 53.1 Å². The van der Waals surface area contributed by atoms with Gasteiger partial charge in [0.2, 0.25) is 0 Å². The maximum atomic E-state index is 12.9. The summed E-state index contributed by atoms with van der Waals surface area (Å²) in [4.78, 5) is 27.1. The summed E-state index contributed by atoms with van der Waals surface area (Å²) < 4.78 is 0. The van der Waals surface area contributed by atoms with Crippen molar-refractivity contribution in [3.63, 3.8) is 0 Å². The lowest BCUT2D eigenvalue weighted by Crippen LogP contribution is -2.28. The second kappa shape index (κ2) is 5.99. The summed E-state index contributed by atoms with van der Waals surface area (Å²) in [6.07, 6.45) is 2.72. The minimum Gasteiger partial charge on any atom is -0.358 e. The van der Waals surface area contributed by atoms with Gasteiger partial charge in [-0.3, -0.25) is 4.79 Å². The van der Waals surface area contributed by atoms with Crippen LogP contribution in [0.25, 0.3) is 10.9 Å². The monoisotopic (exact) mass is 334 g/mol. The minimum absolute atomic E-state index is 0.0929. The van der Waals surface area contributed by atoms with E-state index in [0.717, 1.165) is 46.6 Å². The van der Waals surface area contributed by atoms with E-state index in [1.807, 2.05) is 36.1 Å². The quantitative estimate of drug-likeness (QED) is 0.780. The first kappa shape index (κ1) is 15.8. The van der Waals surface area contributed by atoms with Crippen molar-refractivity contribution in [2.75, 3.05) is 13.1 Å². The molecule has 2 aromatic heterocycles. The van der Waals surface area contributed by atoms with E-state index in [2.05, 4.69) is 28.8 Å². The molecule has 4 rings (SSSR count). The van der Waals surface area contributed by atoms with Gasteiger partial charge < -0.3 is 9.88 Å². The second-order valence-corrected chi connectivity index (χ2v) is 6.93. The number of H-pyrrole nitrogens is 1. The molecule has 0 unspecified atom stereocenters. The second-order valence-electron chi connectivity index (χ2n) is 6.93. The Kier molecular flexibility index (Phi) is 3.79. The standard InChI is InChI=1S/C20H22N4O/c1-12-6-8-21-19(22-12)16-7-9-24(11-16)20(25)15-4-5-18-17(10-15)13(2)14(3)23-18/h4-6,8,10,16,23H,7,9,11H2,1-3H3/t16-/m1/s1. The highest BCUT2D eigenvalue weighted by atomic mass is 16.2. The van der Waals surface area contributed by atoms with E-state index in [9.17, 15) is 4.79 Å². The van der Waals surface area contributed by atoms with Crippen molar-refractivity contribution in [2.24, 2.45) is 0 Å². The van der Waals surface area contributed by atoms with Gasteiger partial charge in [-0.25, -0.2) is 9.97 Å². The van der Waals surface area contributed by atoms with Crippen LogP contribution < -0.4 is 0 Å². The first-order valence-electron chi connectivity index (χ1n) is 8.70. The summed E-state index contributed by atoms with van der Waals surface area (Å²) in [5.74, 6) is 1.17. The first-order chi connectivity index (χ1) is 12.0. The molecule has 128 valence electrons. The number of amides is 1. The van der Waals surface area contributed by atoms with Gasteiger partial charge in [0.25, 0.3) is 5.91 Å². The lowest BCUT2D eigenvalue weighted by molar-refractivity contribution is 0.0790. The minimum atomic E-state index is 0.0929. The summed E-state index contributed by atoms with van der Waals surface area (Å²) in [6, 6.07) is 7.82. The number of nitrogens with one attached hydrogen (secondary N) is 1. The third-order valence-corrected chi connectivity index (χ3v) is 5.21. The Labute approximate surface area is 147 Å². The van der Waals surface area contributed by atoms with Crippen molar-refractivity contribution in [1.82, 2.24) is 19.9 Å². The molecular weight excluding hydrogens is 312 g/mol. The topological polar surface area (TPSA) is 61.9 Å². The lowest BCUT2D eigenvalue weighted by Gasteiger charge is -2.16. The molecule has 1 fully saturated rings. The van der Waals surface area contributed by atoms with E-state index in [1.54, 1.807) is 6.20 Å². The summed E-state index contributed by atoms with van der Waals surface area (Å²) in [6.45, 7) is 7.56. The number of hydrogen-bond acceptors (Lipinski definition) is 3. The van der Waals surface area contributed by atoms with Crippen LogP contribution in [-0.2, 0) is 0 Å². The molecule has 5 nitrogen and oxygen atoms in total. The smallest absolute Gasteiger partial charge is 0.253 e. The molecule has 0 bridgehead atoms. The molecule has 5 heteroatoms. The van der Waals surface area contributed by atoms with Crippen LogP contribution in [0.15, 0.2) is 30.5 Å². The zero-order valence-corrected chi connectivity index (χ0v) is 14.8. The van der Waals surface area contributed by atoms with Crippen molar-refractivity contribution < 1.29 is 4.79 Å². The maximum absolute atomic E-state index is 12.9. The highest BCUT2D eigenvalue weighted by Gasteiger charge is 2.29. The van der Waals surface area contributed by atoms with Gasteiger partial charge in [-0.2, -0.15) is 0 Å².